The van der Waals surface area contributed by atoms with Gasteiger partial charge in [-0.2, -0.15) is 0 Å². The number of carbonyl (C=O) groups excluding carboxylic acids is 1. The number of hydrogen-bond donors (Lipinski definition) is 1. The number of amides is 1. The molecule has 3 heteroatoms. The lowest BCUT2D eigenvalue weighted by molar-refractivity contribution is -0.116. The van der Waals surface area contributed by atoms with Gasteiger partial charge in [-0.1, -0.05) is 24.3 Å². The highest BCUT2D eigenvalue weighted by Gasteiger charge is 2.27. The Bertz CT molecular complexity index is 676. The largest absolute Gasteiger partial charge is 0.326 e. The van der Waals surface area contributed by atoms with Crippen molar-refractivity contribution in [3.8, 4) is 0 Å². The van der Waals surface area contributed by atoms with Crippen LogP contribution in [0, 0.1) is 19.7 Å². The summed E-state index contributed by atoms with van der Waals surface area (Å²) in [5.41, 5.74) is 5.26. The van der Waals surface area contributed by atoms with E-state index in [1.807, 2.05) is 13.8 Å². The summed E-state index contributed by atoms with van der Waals surface area (Å²) in [4.78, 5) is 12.0. The predicted molar refractivity (Wildman–Crippen MR) is 77.4 cm³/mol. The molecular weight excluding hydrogens is 253 g/mol. The van der Waals surface area contributed by atoms with Crippen LogP contribution >= 0.6 is 0 Å². The number of nitrogens with one attached hydrogen (secondary N) is 1. The summed E-state index contributed by atoms with van der Waals surface area (Å²) in [6.45, 7) is 4.05. The van der Waals surface area contributed by atoms with Crippen LogP contribution in [-0.2, 0) is 4.79 Å². The van der Waals surface area contributed by atoms with Crippen molar-refractivity contribution in [3.63, 3.8) is 0 Å². The maximum absolute atomic E-state index is 13.1. The number of benzene rings is 2. The molecule has 0 fully saturated rings. The fourth-order valence-corrected chi connectivity index (χ4v) is 2.77. The number of rotatable bonds is 1. The Morgan fingerprint density at radius 1 is 1.10 bits per heavy atom. The Hall–Kier alpha value is -2.16. The van der Waals surface area contributed by atoms with Crippen molar-refractivity contribution in [3.05, 3.63) is 64.5 Å². The maximum Gasteiger partial charge on any atom is 0.225 e. The van der Waals surface area contributed by atoms with Crippen LogP contribution in [0.1, 0.15) is 34.6 Å². The minimum absolute atomic E-state index is 0.00125. The van der Waals surface area contributed by atoms with Crippen molar-refractivity contribution >= 4 is 11.6 Å². The lowest BCUT2D eigenvalue weighted by atomic mass is 9.83. The van der Waals surface area contributed by atoms with Gasteiger partial charge in [-0.05, 0) is 48.2 Å². The Balaban J connectivity index is 2.13. The van der Waals surface area contributed by atoms with Crippen LogP contribution < -0.4 is 5.32 Å². The number of carbonyl (C=O) groups is 1. The van der Waals surface area contributed by atoms with Crippen molar-refractivity contribution in [1.29, 1.82) is 0 Å². The van der Waals surface area contributed by atoms with E-state index in [2.05, 4.69) is 17.4 Å². The van der Waals surface area contributed by atoms with Crippen LogP contribution in [0.5, 0.6) is 0 Å². The van der Waals surface area contributed by atoms with Crippen LogP contribution in [0.15, 0.2) is 36.4 Å². The summed E-state index contributed by atoms with van der Waals surface area (Å²) in [6.07, 6.45) is 0.404. The first-order valence-electron chi connectivity index (χ1n) is 6.71. The van der Waals surface area contributed by atoms with Gasteiger partial charge in [-0.3, -0.25) is 4.79 Å². The minimum atomic E-state index is -0.255. The second-order valence-corrected chi connectivity index (χ2v) is 5.33. The molecule has 0 saturated carbocycles. The molecule has 0 radical (unpaired) electrons. The first kappa shape index (κ1) is 12.9. The Kier molecular flexibility index (Phi) is 3.05. The molecule has 1 unspecified atom stereocenters. The zero-order valence-electron chi connectivity index (χ0n) is 11.5. The van der Waals surface area contributed by atoms with Crippen molar-refractivity contribution in [2.75, 3.05) is 5.32 Å². The van der Waals surface area contributed by atoms with E-state index in [-0.39, 0.29) is 17.6 Å². The van der Waals surface area contributed by atoms with Gasteiger partial charge in [0.2, 0.25) is 5.91 Å². The first-order chi connectivity index (χ1) is 9.56. The molecule has 0 aromatic heterocycles. The highest BCUT2D eigenvalue weighted by atomic mass is 19.1. The predicted octanol–water partition coefficient (Wildman–Crippen LogP) is 3.92. The maximum atomic E-state index is 13.1. The van der Waals surface area contributed by atoms with Crippen molar-refractivity contribution in [1.82, 2.24) is 0 Å². The van der Waals surface area contributed by atoms with E-state index in [0.29, 0.717) is 6.42 Å². The van der Waals surface area contributed by atoms with E-state index in [0.717, 1.165) is 27.9 Å². The number of fused-ring (bicyclic) bond motifs is 1. The molecule has 0 spiro atoms. The normalized spacial score (nSPS) is 17.6. The van der Waals surface area contributed by atoms with Crippen LogP contribution in [0.25, 0.3) is 0 Å². The summed E-state index contributed by atoms with van der Waals surface area (Å²) in [5, 5.41) is 2.97. The molecule has 2 nitrogen and oxygen atoms in total. The quantitative estimate of drug-likeness (QED) is 0.835. The second-order valence-electron chi connectivity index (χ2n) is 5.33. The van der Waals surface area contributed by atoms with Gasteiger partial charge < -0.3 is 5.32 Å². The topological polar surface area (TPSA) is 29.1 Å². The van der Waals surface area contributed by atoms with Crippen molar-refractivity contribution in [2.45, 2.75) is 26.2 Å². The molecule has 3 rings (SSSR count). The Morgan fingerprint density at radius 3 is 2.50 bits per heavy atom. The molecule has 2 aromatic carbocycles. The summed E-state index contributed by atoms with van der Waals surface area (Å²) in [7, 11) is 0. The molecule has 1 aliphatic heterocycles. The molecule has 1 heterocycles. The molecular formula is C17H16FNO. The molecule has 1 atom stereocenters. The molecule has 1 aliphatic rings. The summed E-state index contributed by atoms with van der Waals surface area (Å²) >= 11 is 0. The van der Waals surface area contributed by atoms with Crippen LogP contribution in [-0.4, -0.2) is 5.91 Å². The van der Waals surface area contributed by atoms with E-state index >= 15 is 0 Å². The van der Waals surface area contributed by atoms with Gasteiger partial charge >= 0.3 is 0 Å². The van der Waals surface area contributed by atoms with Gasteiger partial charge in [0.25, 0.3) is 0 Å². The smallest absolute Gasteiger partial charge is 0.225 e. The lowest BCUT2D eigenvalue weighted by Crippen LogP contribution is -2.24. The average Bonchev–Trinajstić information content (AvgIpc) is 2.43. The van der Waals surface area contributed by atoms with Gasteiger partial charge in [0.1, 0.15) is 5.82 Å². The van der Waals surface area contributed by atoms with Gasteiger partial charge in [0.15, 0.2) is 0 Å². The molecule has 1 amide bonds. The third-order valence-electron chi connectivity index (χ3n) is 4.07. The molecule has 102 valence electrons. The molecule has 0 aliphatic carbocycles. The molecule has 2 aromatic rings. The first-order valence-corrected chi connectivity index (χ1v) is 6.71. The lowest BCUT2D eigenvalue weighted by Gasteiger charge is -2.28. The van der Waals surface area contributed by atoms with Crippen LogP contribution in [0.4, 0.5) is 10.1 Å². The molecule has 1 N–H and O–H groups in total. The highest BCUT2D eigenvalue weighted by molar-refractivity contribution is 5.96. The number of halogens is 1. The van der Waals surface area contributed by atoms with Gasteiger partial charge in [0.05, 0.1) is 0 Å². The number of anilines is 1. The highest BCUT2D eigenvalue weighted by Crippen LogP contribution is 2.39. The number of hydrogen-bond acceptors (Lipinski definition) is 1. The Labute approximate surface area is 117 Å². The number of aryl methyl sites for hydroxylation is 1. The van der Waals surface area contributed by atoms with E-state index in [1.54, 1.807) is 12.1 Å². The third kappa shape index (κ3) is 2.09. The van der Waals surface area contributed by atoms with Gasteiger partial charge in [-0.25, -0.2) is 4.39 Å². The van der Waals surface area contributed by atoms with Crippen LogP contribution in [0.2, 0.25) is 0 Å². The fourth-order valence-electron chi connectivity index (χ4n) is 2.77. The van der Waals surface area contributed by atoms with Crippen molar-refractivity contribution < 1.29 is 9.18 Å². The fraction of sp³-hybridized carbons (Fsp3) is 0.235. The molecule has 0 saturated heterocycles. The standard InChI is InChI=1S/C17H16FNO/c1-10-3-8-14-15(12-4-6-13(18)7-5-12)9-16(20)19-17(14)11(10)2/h3-8,15H,9H2,1-2H3,(H,19,20). The van der Waals surface area contributed by atoms with Gasteiger partial charge in [0, 0.05) is 18.0 Å². The van der Waals surface area contributed by atoms with E-state index in [9.17, 15) is 9.18 Å². The monoisotopic (exact) mass is 269 g/mol. The van der Waals surface area contributed by atoms with E-state index in [4.69, 9.17) is 0 Å². The molecule has 20 heavy (non-hydrogen) atoms. The zero-order chi connectivity index (χ0) is 14.3. The van der Waals surface area contributed by atoms with E-state index in [1.165, 1.54) is 12.1 Å². The van der Waals surface area contributed by atoms with E-state index < -0.39 is 0 Å². The molecule has 0 bridgehead atoms. The SMILES string of the molecule is Cc1ccc2c(c1C)NC(=O)CC2c1ccc(F)cc1. The second kappa shape index (κ2) is 4.75. The third-order valence-corrected chi connectivity index (χ3v) is 4.07. The zero-order valence-corrected chi connectivity index (χ0v) is 11.5. The van der Waals surface area contributed by atoms with Gasteiger partial charge in [-0.15, -0.1) is 0 Å². The van der Waals surface area contributed by atoms with Crippen LogP contribution in [0.3, 0.4) is 0 Å². The van der Waals surface area contributed by atoms with Crippen molar-refractivity contribution in [2.24, 2.45) is 0 Å². The summed E-state index contributed by atoms with van der Waals surface area (Å²) < 4.78 is 13.1. The average molecular weight is 269 g/mol. The Morgan fingerprint density at radius 2 is 1.80 bits per heavy atom. The summed E-state index contributed by atoms with van der Waals surface area (Å²) in [5.74, 6) is -0.242. The summed E-state index contributed by atoms with van der Waals surface area (Å²) in [6, 6.07) is 10.5. The minimum Gasteiger partial charge on any atom is -0.326 e.